The van der Waals surface area contributed by atoms with Gasteiger partial charge in [-0.15, -0.1) is 0 Å². The van der Waals surface area contributed by atoms with Gasteiger partial charge >= 0.3 is 23.9 Å². The topological polar surface area (TPSA) is 133 Å². The number of unbranched alkanes of at least 4 members (excludes halogenated alkanes) is 3. The normalized spacial score (nSPS) is 15.7. The van der Waals surface area contributed by atoms with Gasteiger partial charge in [-0.2, -0.15) is 0 Å². The van der Waals surface area contributed by atoms with Gasteiger partial charge in [0, 0.05) is 17.7 Å². The van der Waals surface area contributed by atoms with Crippen LogP contribution in [-0.2, 0) is 38.1 Å². The van der Waals surface area contributed by atoms with E-state index in [0.29, 0.717) is 24.5 Å². The van der Waals surface area contributed by atoms with E-state index in [1.165, 1.54) is 12.1 Å². The lowest BCUT2D eigenvalue weighted by atomic mass is 10.0. The summed E-state index contributed by atoms with van der Waals surface area (Å²) in [7, 11) is 0. The quantitative estimate of drug-likeness (QED) is 0.0525. The molecule has 1 heterocycles. The first-order valence-corrected chi connectivity index (χ1v) is 16.0. The largest absolute Gasteiger partial charge is 0.493 e. The fourth-order valence-electron chi connectivity index (χ4n) is 4.85. The Labute approximate surface area is 283 Å². The smallest absolute Gasteiger partial charge is 0.346 e. The Hall–Kier alpha value is -5.07. The third-order valence-corrected chi connectivity index (χ3v) is 7.31. The summed E-state index contributed by atoms with van der Waals surface area (Å²) in [5.74, 6) is -2.95. The third-order valence-electron chi connectivity index (χ3n) is 7.31. The zero-order chi connectivity index (χ0) is 35.2. The number of carbonyl (C=O) groups is 4. The molecule has 0 bridgehead atoms. The van der Waals surface area contributed by atoms with Crippen LogP contribution in [0.25, 0.3) is 11.1 Å². The maximum absolute atomic E-state index is 14.7. The molecular formula is C37H39FO11. The maximum Gasteiger partial charge on any atom is 0.346 e. The highest BCUT2D eigenvalue weighted by molar-refractivity contribution is 5.91. The van der Waals surface area contributed by atoms with E-state index in [1.54, 1.807) is 50.2 Å². The monoisotopic (exact) mass is 678 g/mol. The molecule has 0 aliphatic carbocycles. The number of rotatable bonds is 17. The van der Waals surface area contributed by atoms with Gasteiger partial charge in [-0.1, -0.05) is 43.0 Å². The molecule has 1 fully saturated rings. The summed E-state index contributed by atoms with van der Waals surface area (Å²) in [4.78, 5) is 48.5. The third kappa shape index (κ3) is 10.5. The number of hydrogen-bond donors (Lipinski definition) is 0. The molecule has 0 aromatic heterocycles. The molecule has 2 atom stereocenters. The molecule has 0 N–H and O–H groups in total. The maximum atomic E-state index is 14.7. The van der Waals surface area contributed by atoms with Crippen molar-refractivity contribution in [3.63, 3.8) is 0 Å². The fourth-order valence-corrected chi connectivity index (χ4v) is 4.85. The number of carbonyl (C=O) groups excluding carboxylic acids is 4. The number of hydrogen-bond acceptors (Lipinski definition) is 11. The summed E-state index contributed by atoms with van der Waals surface area (Å²) in [6.45, 7) is 7.59. The van der Waals surface area contributed by atoms with Crippen LogP contribution >= 0.6 is 0 Å². The summed E-state index contributed by atoms with van der Waals surface area (Å²) in [5, 5.41) is 0. The van der Waals surface area contributed by atoms with Crippen molar-refractivity contribution < 1.29 is 56.7 Å². The van der Waals surface area contributed by atoms with E-state index in [4.69, 9.17) is 33.2 Å². The summed E-state index contributed by atoms with van der Waals surface area (Å²) in [6, 6.07) is 17.8. The molecule has 1 aliphatic rings. The van der Waals surface area contributed by atoms with Crippen LogP contribution in [0.2, 0.25) is 0 Å². The van der Waals surface area contributed by atoms with Gasteiger partial charge < -0.3 is 33.2 Å². The van der Waals surface area contributed by atoms with E-state index in [0.717, 1.165) is 49.0 Å². The lowest BCUT2D eigenvalue weighted by Gasteiger charge is -2.13. The van der Waals surface area contributed by atoms with E-state index in [9.17, 15) is 23.6 Å². The number of benzene rings is 3. The van der Waals surface area contributed by atoms with Crippen molar-refractivity contribution in [2.24, 2.45) is 0 Å². The van der Waals surface area contributed by atoms with Crippen LogP contribution in [0.3, 0.4) is 0 Å². The Morgan fingerprint density at radius 3 is 1.84 bits per heavy atom. The molecule has 0 spiro atoms. The second-order valence-electron chi connectivity index (χ2n) is 10.8. The van der Waals surface area contributed by atoms with Gasteiger partial charge in [-0.3, -0.25) is 0 Å². The molecule has 49 heavy (non-hydrogen) atoms. The van der Waals surface area contributed by atoms with Crippen molar-refractivity contribution in [1.29, 1.82) is 0 Å². The van der Waals surface area contributed by atoms with Crippen LogP contribution < -0.4 is 9.47 Å². The van der Waals surface area contributed by atoms with Gasteiger partial charge in [0.25, 0.3) is 0 Å². The van der Waals surface area contributed by atoms with Gasteiger partial charge in [0.2, 0.25) is 0 Å². The van der Waals surface area contributed by atoms with E-state index in [-0.39, 0.29) is 24.5 Å². The van der Waals surface area contributed by atoms with Crippen LogP contribution in [0.1, 0.15) is 61.7 Å². The van der Waals surface area contributed by atoms with Gasteiger partial charge in [0.15, 0.2) is 18.5 Å². The molecule has 3 aromatic rings. The van der Waals surface area contributed by atoms with Gasteiger partial charge in [0.05, 0.1) is 32.0 Å². The first-order valence-electron chi connectivity index (χ1n) is 16.0. The summed E-state index contributed by atoms with van der Waals surface area (Å²) in [6.07, 6.45) is 0.799. The molecule has 0 saturated carbocycles. The zero-order valence-electron chi connectivity index (χ0n) is 27.4. The SMILES string of the molecule is C=CC(=O)OCCCCCCOc1ccc(C(=O)Oc2ccc(-c3ccc(C4O[C@@H](C(=O)OCC)[C@H](C(=O)OCC)O4)cc3)cc2)c(F)c1. The lowest BCUT2D eigenvalue weighted by molar-refractivity contribution is -0.163. The predicted molar refractivity (Wildman–Crippen MR) is 174 cm³/mol. The van der Waals surface area contributed by atoms with Crippen LogP contribution in [0.15, 0.2) is 79.4 Å². The number of ether oxygens (including phenoxy) is 7. The highest BCUT2D eigenvalue weighted by Crippen LogP contribution is 2.34. The zero-order valence-corrected chi connectivity index (χ0v) is 27.4. The molecule has 12 heteroatoms. The minimum atomic E-state index is -1.26. The molecule has 1 saturated heterocycles. The molecule has 11 nitrogen and oxygen atoms in total. The minimum absolute atomic E-state index is 0.119. The van der Waals surface area contributed by atoms with Crippen LogP contribution in [0, 0.1) is 5.82 Å². The summed E-state index contributed by atoms with van der Waals surface area (Å²) in [5.41, 5.74) is 1.97. The van der Waals surface area contributed by atoms with Crippen molar-refractivity contribution in [2.45, 2.75) is 58.0 Å². The van der Waals surface area contributed by atoms with Crippen molar-refractivity contribution in [3.8, 4) is 22.6 Å². The number of halogens is 1. The molecule has 0 radical (unpaired) electrons. The molecule has 260 valence electrons. The average molecular weight is 679 g/mol. The highest BCUT2D eigenvalue weighted by Gasteiger charge is 2.47. The fraction of sp³-hybridized carbons (Fsp3) is 0.351. The van der Waals surface area contributed by atoms with E-state index in [2.05, 4.69) is 6.58 Å². The number of esters is 4. The summed E-state index contributed by atoms with van der Waals surface area (Å²) < 4.78 is 52.2. The molecule has 0 amide bonds. The van der Waals surface area contributed by atoms with Crippen molar-refractivity contribution >= 4 is 23.9 Å². The minimum Gasteiger partial charge on any atom is -0.493 e. The van der Waals surface area contributed by atoms with Crippen LogP contribution in [0.5, 0.6) is 11.5 Å². The summed E-state index contributed by atoms with van der Waals surface area (Å²) >= 11 is 0. The van der Waals surface area contributed by atoms with E-state index >= 15 is 0 Å². The first kappa shape index (κ1) is 36.8. The standard InChI is InChI=1S/C37H39FO11/c1-4-31(39)46-22-10-8-7-9-21-45-28-19-20-29(30(38)23-28)34(40)47-27-17-15-25(16-18-27)24-11-13-26(14-12-24)37-48-32(35(41)43-5-2)33(49-37)36(42)44-6-3/h4,11-20,23,32-33,37H,1,5-10,21-22H2,2-3H3/t32-,33-/m1/s1. The van der Waals surface area contributed by atoms with Gasteiger partial charge in [0.1, 0.15) is 17.3 Å². The molecule has 3 aromatic carbocycles. The molecular weight excluding hydrogens is 639 g/mol. The Balaban J connectivity index is 1.27. The average Bonchev–Trinajstić information content (AvgIpc) is 3.56. The van der Waals surface area contributed by atoms with Crippen molar-refractivity contribution in [2.75, 3.05) is 26.4 Å². The van der Waals surface area contributed by atoms with Gasteiger partial charge in [-0.05, 0) is 74.9 Å². The second kappa shape index (κ2) is 18.5. The Morgan fingerprint density at radius 1 is 0.735 bits per heavy atom. The molecule has 4 rings (SSSR count). The van der Waals surface area contributed by atoms with E-state index in [1.807, 2.05) is 12.1 Å². The Bertz CT molecular complexity index is 1560. The first-order chi connectivity index (χ1) is 23.7. The predicted octanol–water partition coefficient (Wildman–Crippen LogP) is 6.29. The Morgan fingerprint density at radius 2 is 1.29 bits per heavy atom. The van der Waals surface area contributed by atoms with Crippen molar-refractivity contribution in [3.05, 3.63) is 96.3 Å². The van der Waals surface area contributed by atoms with Crippen LogP contribution in [0.4, 0.5) is 4.39 Å². The Kier molecular flexibility index (Phi) is 13.9. The highest BCUT2D eigenvalue weighted by atomic mass is 19.1. The van der Waals surface area contributed by atoms with Crippen molar-refractivity contribution in [1.82, 2.24) is 0 Å². The molecule has 1 aliphatic heterocycles. The van der Waals surface area contributed by atoms with Gasteiger partial charge in [-0.25, -0.2) is 23.6 Å². The molecule has 0 unspecified atom stereocenters. The van der Waals surface area contributed by atoms with Crippen LogP contribution in [-0.4, -0.2) is 62.5 Å². The van der Waals surface area contributed by atoms with E-state index < -0.39 is 48.2 Å². The second-order valence-corrected chi connectivity index (χ2v) is 10.8. The lowest BCUT2D eigenvalue weighted by Crippen LogP contribution is -2.39.